The van der Waals surface area contributed by atoms with Crippen molar-refractivity contribution >= 4 is 35.6 Å². The molecule has 0 radical (unpaired) electrons. The molecule has 3 heterocycles. The van der Waals surface area contributed by atoms with Crippen molar-refractivity contribution in [3.8, 4) is 0 Å². The molecule has 3 rings (SSSR count). The maximum Gasteiger partial charge on any atom is 0.280 e. The summed E-state index contributed by atoms with van der Waals surface area (Å²) in [5.41, 5.74) is 5.01. The van der Waals surface area contributed by atoms with Gasteiger partial charge >= 0.3 is 0 Å². The molecule has 0 amide bonds. The topological polar surface area (TPSA) is 174 Å². The third kappa shape index (κ3) is 9.91. The summed E-state index contributed by atoms with van der Waals surface area (Å²) in [5, 5.41) is 16.5. The summed E-state index contributed by atoms with van der Waals surface area (Å²) < 4.78 is 48.4. The average molecular weight is 565 g/mol. The van der Waals surface area contributed by atoms with Gasteiger partial charge in [-0.15, -0.1) is 0 Å². The van der Waals surface area contributed by atoms with Gasteiger partial charge in [0.05, 0.1) is 16.6 Å². The molecule has 0 saturated heterocycles. The van der Waals surface area contributed by atoms with Crippen LogP contribution in [0.5, 0.6) is 0 Å². The van der Waals surface area contributed by atoms with E-state index < -0.39 is 19.1 Å². The molecule has 0 aliphatic rings. The lowest BCUT2D eigenvalue weighted by atomic mass is 10.1. The lowest BCUT2D eigenvalue weighted by Crippen LogP contribution is -2.23. The normalized spacial score (nSPS) is 12.9. The number of anilines is 1. The van der Waals surface area contributed by atoms with Gasteiger partial charge < -0.3 is 5.73 Å². The molecule has 3 aromatic heterocycles. The van der Waals surface area contributed by atoms with Crippen LogP contribution in [0.2, 0.25) is 0 Å². The molecule has 0 aromatic carbocycles. The highest BCUT2D eigenvalue weighted by atomic mass is 35.7. The molecule has 0 saturated carbocycles. The molecule has 0 spiro atoms. The van der Waals surface area contributed by atoms with Gasteiger partial charge in [0.25, 0.3) is 19.1 Å². The molecule has 36 heavy (non-hydrogen) atoms. The zero-order valence-electron chi connectivity index (χ0n) is 22.1. The second-order valence-corrected chi connectivity index (χ2v) is 14.9. The lowest BCUT2D eigenvalue weighted by molar-refractivity contribution is 0.349. The molecular formula is C21H37ClN8O4S2. The number of nitrogens with two attached hydrogens (primary N) is 2. The van der Waals surface area contributed by atoms with Gasteiger partial charge in [0, 0.05) is 29.3 Å². The molecule has 0 bridgehead atoms. The van der Waals surface area contributed by atoms with E-state index in [0.29, 0.717) is 5.82 Å². The standard InChI is InChI=1S/C7H11ClN2O2S.C7H13N3O2S.C7H13N3/c2*1-7(2,3)10-5-4-6(9-10)13(8,11)12;1-7(2,3)10-5-4-6(8)9-10/h4-5H,1-3H3;4-5H,1-3H3,(H2,8,11,12);4-5H,1-3H3,(H2,8,9). The fourth-order valence-electron chi connectivity index (χ4n) is 2.36. The average Bonchev–Trinajstić information content (AvgIpc) is 3.40. The Balaban J connectivity index is 0.000000273. The van der Waals surface area contributed by atoms with Gasteiger partial charge in [-0.1, -0.05) is 0 Å². The van der Waals surface area contributed by atoms with Gasteiger partial charge in [-0.25, -0.2) is 22.0 Å². The maximum absolute atomic E-state index is 10.9. The number of nitrogens with zero attached hydrogens (tertiary/aromatic N) is 6. The van der Waals surface area contributed by atoms with E-state index in [9.17, 15) is 16.8 Å². The Hall–Kier alpha value is -2.42. The Kier molecular flexibility index (Phi) is 9.58. The van der Waals surface area contributed by atoms with E-state index in [-0.39, 0.29) is 26.7 Å². The molecule has 4 N–H and O–H groups in total. The first-order valence-corrected chi connectivity index (χ1v) is 14.7. The molecule has 3 aromatic rings. The zero-order chi connectivity index (χ0) is 28.3. The van der Waals surface area contributed by atoms with Crippen molar-refractivity contribution in [3.63, 3.8) is 0 Å². The van der Waals surface area contributed by atoms with Crippen LogP contribution < -0.4 is 10.9 Å². The van der Waals surface area contributed by atoms with E-state index in [1.807, 2.05) is 52.4 Å². The number of nitrogen functional groups attached to an aromatic ring is 1. The quantitative estimate of drug-likeness (QED) is 0.446. The van der Waals surface area contributed by atoms with E-state index in [4.69, 9.17) is 21.6 Å². The Morgan fingerprint density at radius 3 is 1.19 bits per heavy atom. The Morgan fingerprint density at radius 1 is 0.667 bits per heavy atom. The molecule has 0 unspecified atom stereocenters. The van der Waals surface area contributed by atoms with Crippen LogP contribution in [-0.4, -0.2) is 46.2 Å². The summed E-state index contributed by atoms with van der Waals surface area (Å²) in [6, 6.07) is 4.57. The minimum absolute atomic E-state index is 0.0393. The van der Waals surface area contributed by atoms with E-state index in [1.54, 1.807) is 27.8 Å². The van der Waals surface area contributed by atoms with Crippen LogP contribution in [0, 0.1) is 0 Å². The highest BCUT2D eigenvalue weighted by Gasteiger charge is 2.19. The summed E-state index contributed by atoms with van der Waals surface area (Å²) in [4.78, 5) is 0. The van der Waals surface area contributed by atoms with Crippen molar-refractivity contribution in [1.82, 2.24) is 29.3 Å². The van der Waals surface area contributed by atoms with E-state index in [0.717, 1.165) is 0 Å². The molecule has 0 aliphatic heterocycles. The fraction of sp³-hybridized carbons (Fsp3) is 0.571. The van der Waals surface area contributed by atoms with Crippen LogP contribution in [0.3, 0.4) is 0 Å². The highest BCUT2D eigenvalue weighted by molar-refractivity contribution is 8.13. The molecule has 15 heteroatoms. The number of hydrogen-bond acceptors (Lipinski definition) is 8. The van der Waals surface area contributed by atoms with Crippen LogP contribution in [0.1, 0.15) is 62.3 Å². The van der Waals surface area contributed by atoms with Gasteiger partial charge in [0.15, 0.2) is 10.1 Å². The number of primary sulfonamides is 1. The molecule has 0 fully saturated rings. The minimum atomic E-state index is -3.70. The Bertz CT molecular complexity index is 1270. The lowest BCUT2D eigenvalue weighted by Gasteiger charge is -2.18. The minimum Gasteiger partial charge on any atom is -0.382 e. The molecular weight excluding hydrogens is 528 g/mol. The molecule has 0 aliphatic carbocycles. The van der Waals surface area contributed by atoms with Crippen molar-refractivity contribution in [2.45, 2.75) is 89.0 Å². The summed E-state index contributed by atoms with van der Waals surface area (Å²) >= 11 is 0. The largest absolute Gasteiger partial charge is 0.382 e. The maximum atomic E-state index is 10.9. The van der Waals surface area contributed by atoms with Crippen LogP contribution in [0.25, 0.3) is 0 Å². The first kappa shape index (κ1) is 31.6. The van der Waals surface area contributed by atoms with Crippen LogP contribution in [0.15, 0.2) is 46.8 Å². The predicted octanol–water partition coefficient (Wildman–Crippen LogP) is 3.07. The van der Waals surface area contributed by atoms with Crippen molar-refractivity contribution in [2.75, 3.05) is 5.73 Å². The van der Waals surface area contributed by atoms with Gasteiger partial charge in [-0.2, -0.15) is 15.3 Å². The van der Waals surface area contributed by atoms with Crippen LogP contribution >= 0.6 is 10.7 Å². The summed E-state index contributed by atoms with van der Waals surface area (Å²) in [5.74, 6) is 0.579. The Labute approximate surface area is 218 Å². The molecule has 0 atom stereocenters. The monoisotopic (exact) mass is 564 g/mol. The number of hydrogen-bond donors (Lipinski definition) is 2. The van der Waals surface area contributed by atoms with Crippen LogP contribution in [0.4, 0.5) is 5.82 Å². The van der Waals surface area contributed by atoms with Crippen molar-refractivity contribution in [2.24, 2.45) is 5.14 Å². The van der Waals surface area contributed by atoms with Gasteiger partial charge in [0.1, 0.15) is 5.82 Å². The molecule has 204 valence electrons. The highest BCUT2D eigenvalue weighted by Crippen LogP contribution is 2.17. The third-order valence-corrected chi connectivity index (χ3v) is 6.33. The fourth-order valence-corrected chi connectivity index (χ4v) is 3.46. The summed E-state index contributed by atoms with van der Waals surface area (Å²) in [6.45, 7) is 17.8. The second-order valence-electron chi connectivity index (χ2n) is 10.9. The van der Waals surface area contributed by atoms with Crippen molar-refractivity contribution in [3.05, 3.63) is 36.8 Å². The zero-order valence-corrected chi connectivity index (χ0v) is 24.5. The first-order chi connectivity index (χ1) is 15.9. The van der Waals surface area contributed by atoms with Gasteiger partial charge in [-0.05, 0) is 80.5 Å². The predicted molar refractivity (Wildman–Crippen MR) is 140 cm³/mol. The number of sulfonamides is 1. The van der Waals surface area contributed by atoms with Gasteiger partial charge in [-0.3, -0.25) is 14.0 Å². The first-order valence-electron chi connectivity index (χ1n) is 10.8. The second kappa shape index (κ2) is 10.9. The van der Waals surface area contributed by atoms with Crippen molar-refractivity contribution in [1.29, 1.82) is 0 Å². The number of rotatable bonds is 2. The van der Waals surface area contributed by atoms with Crippen molar-refractivity contribution < 1.29 is 16.8 Å². The SMILES string of the molecule is CC(C)(C)n1ccc(N)n1.CC(C)(C)n1ccc(S(=O)(=O)Cl)n1.CC(C)(C)n1ccc(S(N)(=O)=O)n1. The van der Waals surface area contributed by atoms with E-state index in [2.05, 4.69) is 36.1 Å². The van der Waals surface area contributed by atoms with Gasteiger partial charge in [0.2, 0.25) is 0 Å². The molecule has 12 nitrogen and oxygen atoms in total. The summed E-state index contributed by atoms with van der Waals surface area (Å²) in [6.07, 6.45) is 5.07. The van der Waals surface area contributed by atoms with Crippen LogP contribution in [-0.2, 0) is 35.7 Å². The Morgan fingerprint density at radius 2 is 1.00 bits per heavy atom. The number of aromatic nitrogens is 6. The van der Waals surface area contributed by atoms with E-state index in [1.165, 1.54) is 12.1 Å². The third-order valence-electron chi connectivity index (χ3n) is 4.34. The van der Waals surface area contributed by atoms with E-state index >= 15 is 0 Å². The smallest absolute Gasteiger partial charge is 0.280 e. The number of halogens is 1. The summed E-state index contributed by atoms with van der Waals surface area (Å²) in [7, 11) is -2.26.